The van der Waals surface area contributed by atoms with Crippen LogP contribution in [-0.2, 0) is 6.54 Å². The zero-order valence-corrected chi connectivity index (χ0v) is 21.3. The Bertz CT molecular complexity index is 1340. The minimum absolute atomic E-state index is 0.0122. The molecule has 202 valence electrons. The number of likely N-dealkylation sites (tertiary alicyclic amines) is 1. The Morgan fingerprint density at radius 3 is 2.63 bits per heavy atom. The van der Waals surface area contributed by atoms with Crippen molar-refractivity contribution in [3.8, 4) is 17.6 Å². The fourth-order valence-electron chi connectivity index (χ4n) is 5.07. The third kappa shape index (κ3) is 6.11. The number of methoxy groups -OCH3 is 1. The van der Waals surface area contributed by atoms with Crippen LogP contribution in [-0.4, -0.2) is 53.4 Å². The van der Waals surface area contributed by atoms with Crippen LogP contribution in [0.15, 0.2) is 36.5 Å². The average Bonchev–Trinajstić information content (AvgIpc) is 2.94. The number of hydrogen-bond donors (Lipinski definition) is 3. The summed E-state index contributed by atoms with van der Waals surface area (Å²) >= 11 is 0. The molecule has 9 heteroatoms. The van der Waals surface area contributed by atoms with E-state index in [-0.39, 0.29) is 24.1 Å². The summed E-state index contributed by atoms with van der Waals surface area (Å²) in [4.78, 5) is 6.51. The third-order valence-corrected chi connectivity index (χ3v) is 7.47. The molecule has 1 aromatic heterocycles. The summed E-state index contributed by atoms with van der Waals surface area (Å²) in [6, 6.07) is 6.88. The Kier molecular flexibility index (Phi) is 8.90. The Balaban J connectivity index is 1.40. The average molecular weight is 528 g/mol. The maximum atomic E-state index is 13.8. The molecule has 38 heavy (non-hydrogen) atoms. The van der Waals surface area contributed by atoms with Gasteiger partial charge >= 0.3 is 0 Å². The Morgan fingerprint density at radius 1 is 1.18 bits per heavy atom. The molecule has 6 nitrogen and oxygen atoms in total. The quantitative estimate of drug-likeness (QED) is 0.302. The number of nitrogens with zero attached hydrogens (tertiary/aromatic N) is 2. The van der Waals surface area contributed by atoms with E-state index in [2.05, 4.69) is 21.7 Å². The molecule has 4 N–H and O–H groups in total. The summed E-state index contributed by atoms with van der Waals surface area (Å²) in [5.41, 5.74) is 7.53. The van der Waals surface area contributed by atoms with E-state index in [1.54, 1.807) is 13.3 Å². The number of aliphatic hydroxyl groups excluding tert-OH is 2. The van der Waals surface area contributed by atoms with Gasteiger partial charge < -0.3 is 20.7 Å². The van der Waals surface area contributed by atoms with Crippen LogP contribution >= 0.6 is 0 Å². The number of aromatic nitrogens is 1. The van der Waals surface area contributed by atoms with Gasteiger partial charge in [-0.3, -0.25) is 9.88 Å². The lowest BCUT2D eigenvalue weighted by Crippen LogP contribution is -2.42. The van der Waals surface area contributed by atoms with Crippen LogP contribution in [0, 0.1) is 34.7 Å². The van der Waals surface area contributed by atoms with Crippen molar-refractivity contribution < 1.29 is 28.1 Å². The standard InChI is InChI=1S/C29H32F3N3O3/c1-38-22-4-5-25-23(15-22)27(20(16-33)17-34-25)26(37)6-7-29(18-36)8-11-35(12-9-29)10-2-3-19-13-21(30)14-24(31)28(19)32/h4-5,13-15,17,26,36-37H,6-12,16,18,33H2,1H3/t26-/m0/s1. The molecule has 1 aliphatic rings. The lowest BCUT2D eigenvalue weighted by atomic mass is 9.74. The molecule has 0 amide bonds. The largest absolute Gasteiger partial charge is 0.497 e. The van der Waals surface area contributed by atoms with Gasteiger partial charge in [-0.1, -0.05) is 11.8 Å². The smallest absolute Gasteiger partial charge is 0.174 e. The first kappa shape index (κ1) is 27.9. The zero-order chi connectivity index (χ0) is 27.3. The predicted octanol–water partition coefficient (Wildman–Crippen LogP) is 4.06. The van der Waals surface area contributed by atoms with E-state index in [0.717, 1.165) is 28.1 Å². The van der Waals surface area contributed by atoms with Gasteiger partial charge in [0.2, 0.25) is 0 Å². The lowest BCUT2D eigenvalue weighted by molar-refractivity contribution is 0.0272. The first-order valence-corrected chi connectivity index (χ1v) is 12.6. The topological polar surface area (TPSA) is 91.8 Å². The van der Waals surface area contributed by atoms with Crippen molar-refractivity contribution in [1.82, 2.24) is 9.88 Å². The van der Waals surface area contributed by atoms with Gasteiger partial charge in [0.1, 0.15) is 11.6 Å². The highest BCUT2D eigenvalue weighted by Gasteiger charge is 2.34. The molecule has 0 saturated carbocycles. The second kappa shape index (κ2) is 12.1. The van der Waals surface area contributed by atoms with E-state index in [1.807, 2.05) is 18.2 Å². The number of hydrogen-bond acceptors (Lipinski definition) is 6. The number of nitrogens with two attached hydrogens (primary N) is 1. The minimum atomic E-state index is -1.26. The molecule has 3 aromatic rings. The van der Waals surface area contributed by atoms with Crippen molar-refractivity contribution in [2.45, 2.75) is 38.3 Å². The Hall–Kier alpha value is -3.16. The molecule has 1 atom stereocenters. The van der Waals surface area contributed by atoms with E-state index in [1.165, 1.54) is 0 Å². The maximum absolute atomic E-state index is 13.8. The molecule has 2 aromatic carbocycles. The molecule has 2 heterocycles. The second-order valence-electron chi connectivity index (χ2n) is 9.82. The van der Waals surface area contributed by atoms with E-state index in [4.69, 9.17) is 10.5 Å². The molecule has 0 spiro atoms. The van der Waals surface area contributed by atoms with E-state index in [0.29, 0.717) is 57.1 Å². The van der Waals surface area contributed by atoms with Crippen LogP contribution in [0.25, 0.3) is 10.9 Å². The van der Waals surface area contributed by atoms with Crippen molar-refractivity contribution in [2.24, 2.45) is 11.1 Å². The molecule has 0 unspecified atom stereocenters. The minimum Gasteiger partial charge on any atom is -0.497 e. The van der Waals surface area contributed by atoms with Crippen molar-refractivity contribution in [3.05, 3.63) is 70.7 Å². The Morgan fingerprint density at radius 2 is 1.95 bits per heavy atom. The van der Waals surface area contributed by atoms with Crippen LogP contribution in [0.1, 0.15) is 48.5 Å². The third-order valence-electron chi connectivity index (χ3n) is 7.47. The molecular formula is C29H32F3N3O3. The van der Waals surface area contributed by atoms with Gasteiger partial charge in [-0.15, -0.1) is 0 Å². The fraction of sp³-hybridized carbons (Fsp3) is 0.414. The highest BCUT2D eigenvalue weighted by atomic mass is 19.2. The predicted molar refractivity (Wildman–Crippen MR) is 139 cm³/mol. The summed E-state index contributed by atoms with van der Waals surface area (Å²) in [6.45, 7) is 1.83. The first-order valence-electron chi connectivity index (χ1n) is 12.6. The number of ether oxygens (including phenoxy) is 1. The van der Waals surface area contributed by atoms with Crippen molar-refractivity contribution >= 4 is 10.9 Å². The molecule has 1 fully saturated rings. The number of piperidine rings is 1. The zero-order valence-electron chi connectivity index (χ0n) is 21.3. The normalized spacial score (nSPS) is 16.2. The summed E-state index contributed by atoms with van der Waals surface area (Å²) in [5, 5.41) is 22.3. The van der Waals surface area contributed by atoms with Gasteiger partial charge in [0.05, 0.1) is 30.8 Å². The van der Waals surface area contributed by atoms with E-state index in [9.17, 15) is 23.4 Å². The Labute approximate surface area is 220 Å². The number of fused-ring (bicyclic) bond motifs is 1. The number of benzene rings is 2. The van der Waals surface area contributed by atoms with Crippen LogP contribution in [0.5, 0.6) is 5.75 Å². The van der Waals surface area contributed by atoms with Gasteiger partial charge in [-0.05, 0) is 79.6 Å². The first-order chi connectivity index (χ1) is 18.3. The van der Waals surface area contributed by atoms with Crippen LogP contribution in [0.4, 0.5) is 13.2 Å². The SMILES string of the molecule is COc1ccc2ncc(CN)c([C@@H](O)CCC3(CO)CCN(CC#Cc4cc(F)cc(F)c4F)CC3)c2c1. The number of aliphatic hydroxyl groups is 2. The highest BCUT2D eigenvalue weighted by molar-refractivity contribution is 5.85. The van der Waals surface area contributed by atoms with Gasteiger partial charge in [0, 0.05) is 30.8 Å². The monoisotopic (exact) mass is 527 g/mol. The summed E-state index contributed by atoms with van der Waals surface area (Å²) in [6.07, 6.45) is 3.33. The number of pyridine rings is 1. The fourth-order valence-corrected chi connectivity index (χ4v) is 5.07. The van der Waals surface area contributed by atoms with Crippen molar-refractivity contribution in [3.63, 3.8) is 0 Å². The summed E-state index contributed by atoms with van der Waals surface area (Å²) < 4.78 is 45.9. The van der Waals surface area contributed by atoms with E-state index < -0.39 is 23.6 Å². The van der Waals surface area contributed by atoms with Crippen molar-refractivity contribution in [2.75, 3.05) is 33.4 Å². The summed E-state index contributed by atoms with van der Waals surface area (Å²) in [7, 11) is 1.58. The molecule has 4 rings (SSSR count). The summed E-state index contributed by atoms with van der Waals surface area (Å²) in [5.74, 6) is 2.67. The molecule has 1 saturated heterocycles. The molecule has 0 radical (unpaired) electrons. The van der Waals surface area contributed by atoms with Crippen LogP contribution in [0.2, 0.25) is 0 Å². The van der Waals surface area contributed by atoms with Gasteiger partial charge in [-0.25, -0.2) is 13.2 Å². The number of halogens is 3. The second-order valence-corrected chi connectivity index (χ2v) is 9.82. The van der Waals surface area contributed by atoms with Crippen molar-refractivity contribution in [1.29, 1.82) is 0 Å². The number of rotatable bonds is 8. The van der Waals surface area contributed by atoms with E-state index >= 15 is 0 Å². The van der Waals surface area contributed by atoms with Gasteiger partial charge in [0.15, 0.2) is 11.6 Å². The van der Waals surface area contributed by atoms with Crippen LogP contribution in [0.3, 0.4) is 0 Å². The molecule has 0 bridgehead atoms. The van der Waals surface area contributed by atoms with Gasteiger partial charge in [0.25, 0.3) is 0 Å². The van der Waals surface area contributed by atoms with Crippen LogP contribution < -0.4 is 10.5 Å². The van der Waals surface area contributed by atoms with Gasteiger partial charge in [-0.2, -0.15) is 0 Å². The highest BCUT2D eigenvalue weighted by Crippen LogP contribution is 2.39. The molecule has 0 aliphatic carbocycles. The lowest BCUT2D eigenvalue weighted by Gasteiger charge is -2.40. The molecular weight excluding hydrogens is 495 g/mol. The molecule has 1 aliphatic heterocycles. The maximum Gasteiger partial charge on any atom is 0.174 e.